The van der Waals surface area contributed by atoms with E-state index in [2.05, 4.69) is 49.6 Å². The molecule has 5 heteroatoms. The number of imidazole rings is 1. The molecule has 0 aliphatic rings. The Bertz CT molecular complexity index is 410. The fourth-order valence-corrected chi connectivity index (χ4v) is 2.78. The second kappa shape index (κ2) is 4.92. The van der Waals surface area contributed by atoms with Crippen LogP contribution in [-0.4, -0.2) is 9.97 Å². The molecule has 0 saturated heterocycles. The van der Waals surface area contributed by atoms with Gasteiger partial charge in [0.2, 0.25) is 0 Å². The minimum Gasteiger partial charge on any atom is -0.347 e. The van der Waals surface area contributed by atoms with Crippen molar-refractivity contribution in [2.24, 2.45) is 0 Å². The first-order chi connectivity index (χ1) is 7.25. The number of halogens is 1. The third-order valence-corrected chi connectivity index (χ3v) is 4.04. The van der Waals surface area contributed by atoms with Crippen LogP contribution in [0.3, 0.4) is 0 Å². The summed E-state index contributed by atoms with van der Waals surface area (Å²) in [6.45, 7) is 2.98. The van der Waals surface area contributed by atoms with E-state index in [9.17, 15) is 0 Å². The Hall–Kier alpha value is -0.650. The highest BCUT2D eigenvalue weighted by molar-refractivity contribution is 9.10. The molecule has 0 amide bonds. The molecule has 0 radical (unpaired) electrons. The van der Waals surface area contributed by atoms with Crippen molar-refractivity contribution in [2.45, 2.75) is 19.5 Å². The Morgan fingerprint density at radius 3 is 3.13 bits per heavy atom. The SMILES string of the molecule is CC(NCc1cnc[nH]1)c1cc(Br)cs1. The van der Waals surface area contributed by atoms with Crippen molar-refractivity contribution >= 4 is 27.3 Å². The Balaban J connectivity index is 1.90. The van der Waals surface area contributed by atoms with Crippen LogP contribution in [0.5, 0.6) is 0 Å². The second-order valence-corrected chi connectivity index (χ2v) is 5.21. The summed E-state index contributed by atoms with van der Waals surface area (Å²) in [5, 5.41) is 5.53. The molecule has 2 aromatic heterocycles. The molecule has 15 heavy (non-hydrogen) atoms. The molecule has 80 valence electrons. The molecule has 2 N–H and O–H groups in total. The molecule has 2 aromatic rings. The summed E-state index contributed by atoms with van der Waals surface area (Å²) in [5.41, 5.74) is 1.11. The molecule has 3 nitrogen and oxygen atoms in total. The number of nitrogens with zero attached hydrogens (tertiary/aromatic N) is 1. The molecular weight excluding hydrogens is 274 g/mol. The molecule has 2 heterocycles. The van der Waals surface area contributed by atoms with Crippen LogP contribution in [0, 0.1) is 0 Å². The predicted octanol–water partition coefficient (Wildman–Crippen LogP) is 3.08. The van der Waals surface area contributed by atoms with Gasteiger partial charge in [0.05, 0.1) is 6.33 Å². The standard InChI is InChI=1S/C10H12BrN3S/c1-7(10-2-8(11)5-15-10)13-4-9-3-12-6-14-9/h2-3,5-7,13H,4H2,1H3,(H,12,14). The summed E-state index contributed by atoms with van der Waals surface area (Å²) in [6, 6.07) is 2.51. The third-order valence-electron chi connectivity index (χ3n) is 2.17. The van der Waals surface area contributed by atoms with Crippen molar-refractivity contribution in [3.05, 3.63) is 39.0 Å². The number of nitrogens with one attached hydrogen (secondary N) is 2. The van der Waals surface area contributed by atoms with Gasteiger partial charge >= 0.3 is 0 Å². The van der Waals surface area contributed by atoms with E-state index in [1.807, 2.05) is 6.20 Å². The van der Waals surface area contributed by atoms with Crippen molar-refractivity contribution in [3.63, 3.8) is 0 Å². The number of hydrogen-bond acceptors (Lipinski definition) is 3. The Kier molecular flexibility index (Phi) is 3.56. The van der Waals surface area contributed by atoms with Crippen LogP contribution in [0.2, 0.25) is 0 Å². The summed E-state index contributed by atoms with van der Waals surface area (Å²) in [5.74, 6) is 0. The molecule has 0 saturated carbocycles. The zero-order chi connectivity index (χ0) is 10.7. The lowest BCUT2D eigenvalue weighted by atomic mass is 10.2. The summed E-state index contributed by atoms with van der Waals surface area (Å²) < 4.78 is 1.15. The van der Waals surface area contributed by atoms with E-state index >= 15 is 0 Å². The molecule has 0 aliphatic heterocycles. The maximum Gasteiger partial charge on any atom is 0.0922 e. The van der Waals surface area contributed by atoms with Gasteiger partial charge in [-0.15, -0.1) is 11.3 Å². The lowest BCUT2D eigenvalue weighted by Crippen LogP contribution is -2.17. The van der Waals surface area contributed by atoms with Gasteiger partial charge in [-0.05, 0) is 28.9 Å². The fraction of sp³-hybridized carbons (Fsp3) is 0.300. The van der Waals surface area contributed by atoms with Crippen molar-refractivity contribution in [1.82, 2.24) is 15.3 Å². The summed E-state index contributed by atoms with van der Waals surface area (Å²) in [7, 11) is 0. The van der Waals surface area contributed by atoms with Gasteiger partial charge in [-0.2, -0.15) is 0 Å². The lowest BCUT2D eigenvalue weighted by molar-refractivity contribution is 0.577. The van der Waals surface area contributed by atoms with Crippen molar-refractivity contribution < 1.29 is 0 Å². The topological polar surface area (TPSA) is 40.7 Å². The van der Waals surface area contributed by atoms with Gasteiger partial charge in [-0.3, -0.25) is 0 Å². The van der Waals surface area contributed by atoms with Crippen LogP contribution < -0.4 is 5.32 Å². The smallest absolute Gasteiger partial charge is 0.0922 e. The number of aromatic nitrogens is 2. The van der Waals surface area contributed by atoms with Gasteiger partial charge < -0.3 is 10.3 Å². The molecule has 0 spiro atoms. The molecule has 1 atom stereocenters. The number of rotatable bonds is 4. The lowest BCUT2D eigenvalue weighted by Gasteiger charge is -2.10. The molecule has 0 aliphatic carbocycles. The average molecular weight is 286 g/mol. The van der Waals surface area contributed by atoms with Crippen LogP contribution in [0.15, 0.2) is 28.4 Å². The van der Waals surface area contributed by atoms with Crippen LogP contribution in [0.25, 0.3) is 0 Å². The van der Waals surface area contributed by atoms with Gasteiger partial charge in [0.1, 0.15) is 0 Å². The Morgan fingerprint density at radius 1 is 1.67 bits per heavy atom. The third kappa shape index (κ3) is 2.90. The van der Waals surface area contributed by atoms with Crippen LogP contribution in [0.4, 0.5) is 0 Å². The number of aromatic amines is 1. The van der Waals surface area contributed by atoms with E-state index in [1.165, 1.54) is 4.88 Å². The molecule has 2 rings (SSSR count). The van der Waals surface area contributed by atoms with Crippen molar-refractivity contribution in [3.8, 4) is 0 Å². The maximum absolute atomic E-state index is 3.98. The fourth-order valence-electron chi connectivity index (χ4n) is 1.30. The summed E-state index contributed by atoms with van der Waals surface area (Å²) >= 11 is 5.22. The highest BCUT2D eigenvalue weighted by Gasteiger charge is 2.07. The molecule has 0 fully saturated rings. The van der Waals surface area contributed by atoms with Gasteiger partial charge in [0.25, 0.3) is 0 Å². The summed E-state index contributed by atoms with van der Waals surface area (Å²) in [4.78, 5) is 8.38. The summed E-state index contributed by atoms with van der Waals surface area (Å²) in [6.07, 6.45) is 3.54. The monoisotopic (exact) mass is 285 g/mol. The molecular formula is C10H12BrN3S. The van der Waals surface area contributed by atoms with Gasteiger partial charge in [0.15, 0.2) is 0 Å². The first-order valence-corrected chi connectivity index (χ1v) is 6.37. The number of hydrogen-bond donors (Lipinski definition) is 2. The molecule has 1 unspecified atom stereocenters. The highest BCUT2D eigenvalue weighted by atomic mass is 79.9. The first-order valence-electron chi connectivity index (χ1n) is 4.70. The van der Waals surface area contributed by atoms with E-state index in [4.69, 9.17) is 0 Å². The minimum atomic E-state index is 0.365. The molecule has 0 bridgehead atoms. The minimum absolute atomic E-state index is 0.365. The zero-order valence-corrected chi connectivity index (χ0v) is 10.7. The largest absolute Gasteiger partial charge is 0.347 e. The van der Waals surface area contributed by atoms with E-state index < -0.39 is 0 Å². The quantitative estimate of drug-likeness (QED) is 0.906. The van der Waals surface area contributed by atoms with Gasteiger partial charge in [-0.1, -0.05) is 0 Å². The van der Waals surface area contributed by atoms with Crippen LogP contribution in [-0.2, 0) is 6.54 Å². The van der Waals surface area contributed by atoms with E-state index in [-0.39, 0.29) is 0 Å². The number of H-pyrrole nitrogens is 1. The zero-order valence-electron chi connectivity index (χ0n) is 8.33. The highest BCUT2D eigenvalue weighted by Crippen LogP contribution is 2.25. The van der Waals surface area contributed by atoms with Crippen LogP contribution in [0.1, 0.15) is 23.5 Å². The molecule has 0 aromatic carbocycles. The van der Waals surface area contributed by atoms with E-state index in [0.29, 0.717) is 6.04 Å². The first kappa shape index (κ1) is 10.9. The van der Waals surface area contributed by atoms with Crippen molar-refractivity contribution in [2.75, 3.05) is 0 Å². The van der Waals surface area contributed by atoms with Crippen LogP contribution >= 0.6 is 27.3 Å². The Morgan fingerprint density at radius 2 is 2.53 bits per heavy atom. The second-order valence-electron chi connectivity index (χ2n) is 3.35. The number of thiophene rings is 1. The van der Waals surface area contributed by atoms with E-state index in [0.717, 1.165) is 16.7 Å². The van der Waals surface area contributed by atoms with E-state index in [1.54, 1.807) is 17.7 Å². The van der Waals surface area contributed by atoms with Gasteiger partial charge in [-0.25, -0.2) is 4.98 Å². The Labute approximate surface area is 101 Å². The average Bonchev–Trinajstić information content (AvgIpc) is 2.84. The normalized spacial score (nSPS) is 12.9. The predicted molar refractivity (Wildman–Crippen MR) is 65.9 cm³/mol. The van der Waals surface area contributed by atoms with Gasteiger partial charge in [0, 0.05) is 39.2 Å². The maximum atomic E-state index is 3.98. The van der Waals surface area contributed by atoms with Crippen molar-refractivity contribution in [1.29, 1.82) is 0 Å².